The van der Waals surface area contributed by atoms with Crippen LogP contribution in [0.2, 0.25) is 0 Å². The minimum atomic E-state index is -0.327. The van der Waals surface area contributed by atoms with Crippen molar-refractivity contribution in [3.63, 3.8) is 0 Å². The summed E-state index contributed by atoms with van der Waals surface area (Å²) in [6.45, 7) is 4.09. The molecule has 0 aliphatic carbocycles. The van der Waals surface area contributed by atoms with Crippen molar-refractivity contribution in [2.75, 3.05) is 26.9 Å². The van der Waals surface area contributed by atoms with Gasteiger partial charge in [0.25, 0.3) is 0 Å². The normalized spacial score (nSPS) is 10.3. The summed E-state index contributed by atoms with van der Waals surface area (Å²) in [7, 11) is 1.38. The molecule has 0 unspecified atom stereocenters. The molecule has 0 bridgehead atoms. The van der Waals surface area contributed by atoms with Crippen molar-refractivity contribution in [1.29, 1.82) is 0 Å². The molecule has 0 radical (unpaired) electrons. The predicted molar refractivity (Wildman–Crippen MR) is 89.8 cm³/mol. The van der Waals surface area contributed by atoms with Gasteiger partial charge in [-0.05, 0) is 42.3 Å². The standard InChI is InChI=1S/C19H22O4/c1-3-22-13-4-14-23-18-11-9-16(10-12-18)15-5-7-17(8-6-15)19(20)21-2/h5-12H,3-4,13-14H2,1-2H3. The van der Waals surface area contributed by atoms with E-state index >= 15 is 0 Å². The van der Waals surface area contributed by atoms with Crippen LogP contribution in [-0.4, -0.2) is 32.9 Å². The van der Waals surface area contributed by atoms with Crippen molar-refractivity contribution in [3.05, 3.63) is 54.1 Å². The highest BCUT2D eigenvalue weighted by atomic mass is 16.5. The van der Waals surface area contributed by atoms with Gasteiger partial charge in [-0.1, -0.05) is 24.3 Å². The van der Waals surface area contributed by atoms with Crippen molar-refractivity contribution >= 4 is 5.97 Å². The minimum absolute atomic E-state index is 0.327. The number of hydrogen-bond acceptors (Lipinski definition) is 4. The molecule has 0 saturated heterocycles. The van der Waals surface area contributed by atoms with Crippen molar-refractivity contribution in [3.8, 4) is 16.9 Å². The largest absolute Gasteiger partial charge is 0.494 e. The lowest BCUT2D eigenvalue weighted by Crippen LogP contribution is -2.02. The fraction of sp³-hybridized carbons (Fsp3) is 0.316. The molecule has 0 saturated carbocycles. The van der Waals surface area contributed by atoms with Crippen molar-refractivity contribution in [2.45, 2.75) is 13.3 Å². The smallest absolute Gasteiger partial charge is 0.337 e. The van der Waals surface area contributed by atoms with E-state index in [0.29, 0.717) is 12.2 Å². The Morgan fingerprint density at radius 1 is 0.913 bits per heavy atom. The molecule has 2 rings (SSSR count). The second-order valence-corrected chi connectivity index (χ2v) is 4.99. The van der Waals surface area contributed by atoms with Crippen LogP contribution in [0.15, 0.2) is 48.5 Å². The molecule has 0 atom stereocenters. The second kappa shape index (κ2) is 8.96. The molecule has 0 aromatic heterocycles. The van der Waals surface area contributed by atoms with Gasteiger partial charge >= 0.3 is 5.97 Å². The van der Waals surface area contributed by atoms with Gasteiger partial charge in [-0.3, -0.25) is 0 Å². The SMILES string of the molecule is CCOCCCOc1ccc(-c2ccc(C(=O)OC)cc2)cc1. The summed E-state index contributed by atoms with van der Waals surface area (Å²) in [4.78, 5) is 11.4. The zero-order valence-corrected chi connectivity index (χ0v) is 13.6. The Labute approximate surface area is 137 Å². The average Bonchev–Trinajstić information content (AvgIpc) is 2.61. The first-order valence-electron chi connectivity index (χ1n) is 7.74. The van der Waals surface area contributed by atoms with Crippen molar-refractivity contribution in [1.82, 2.24) is 0 Å². The van der Waals surface area contributed by atoms with Crippen molar-refractivity contribution < 1.29 is 19.0 Å². The summed E-state index contributed by atoms with van der Waals surface area (Å²) >= 11 is 0. The molecule has 0 heterocycles. The van der Waals surface area contributed by atoms with Gasteiger partial charge in [-0.25, -0.2) is 4.79 Å². The first kappa shape index (κ1) is 17.0. The molecule has 23 heavy (non-hydrogen) atoms. The number of carbonyl (C=O) groups excluding carboxylic acids is 1. The third-order valence-corrected chi connectivity index (χ3v) is 3.40. The van der Waals surface area contributed by atoms with Crippen LogP contribution >= 0.6 is 0 Å². The van der Waals surface area contributed by atoms with Crippen LogP contribution in [0, 0.1) is 0 Å². The molecular weight excluding hydrogens is 292 g/mol. The highest BCUT2D eigenvalue weighted by Gasteiger charge is 2.05. The lowest BCUT2D eigenvalue weighted by Gasteiger charge is -2.08. The van der Waals surface area contributed by atoms with E-state index in [0.717, 1.165) is 36.5 Å². The van der Waals surface area contributed by atoms with E-state index in [9.17, 15) is 4.79 Å². The van der Waals surface area contributed by atoms with E-state index in [1.54, 1.807) is 12.1 Å². The molecule has 4 nitrogen and oxygen atoms in total. The van der Waals surface area contributed by atoms with E-state index in [1.807, 2.05) is 43.3 Å². The highest BCUT2D eigenvalue weighted by Crippen LogP contribution is 2.23. The molecule has 0 spiro atoms. The quantitative estimate of drug-likeness (QED) is 0.547. The van der Waals surface area contributed by atoms with Gasteiger partial charge in [0.2, 0.25) is 0 Å². The highest BCUT2D eigenvalue weighted by molar-refractivity contribution is 5.89. The summed E-state index contributed by atoms with van der Waals surface area (Å²) in [5.41, 5.74) is 2.66. The molecule has 0 aliphatic heterocycles. The average molecular weight is 314 g/mol. The summed E-state index contributed by atoms with van der Waals surface area (Å²) < 4.78 is 15.6. The molecule has 4 heteroatoms. The second-order valence-electron chi connectivity index (χ2n) is 4.99. The van der Waals surface area contributed by atoms with Gasteiger partial charge in [0.1, 0.15) is 5.75 Å². The van der Waals surface area contributed by atoms with Crippen LogP contribution in [0.5, 0.6) is 5.75 Å². The predicted octanol–water partition coefficient (Wildman–Crippen LogP) is 3.95. The van der Waals surface area contributed by atoms with E-state index in [2.05, 4.69) is 0 Å². The van der Waals surface area contributed by atoms with Gasteiger partial charge < -0.3 is 14.2 Å². The molecule has 0 N–H and O–H groups in total. The Balaban J connectivity index is 1.92. The van der Waals surface area contributed by atoms with Crippen LogP contribution in [0.1, 0.15) is 23.7 Å². The Hall–Kier alpha value is -2.33. The number of ether oxygens (including phenoxy) is 3. The van der Waals surface area contributed by atoms with Crippen LogP contribution in [0.3, 0.4) is 0 Å². The first-order chi connectivity index (χ1) is 11.2. The Bertz CT molecular complexity index is 602. The molecule has 2 aromatic carbocycles. The molecule has 0 aliphatic rings. The number of rotatable bonds is 8. The van der Waals surface area contributed by atoms with E-state index in [1.165, 1.54) is 7.11 Å². The van der Waals surface area contributed by atoms with E-state index in [-0.39, 0.29) is 5.97 Å². The summed E-state index contributed by atoms with van der Waals surface area (Å²) in [6, 6.07) is 15.2. The van der Waals surface area contributed by atoms with Gasteiger partial charge in [0, 0.05) is 19.6 Å². The molecule has 0 amide bonds. The fourth-order valence-corrected chi connectivity index (χ4v) is 2.16. The molecule has 0 fully saturated rings. The Morgan fingerprint density at radius 2 is 1.52 bits per heavy atom. The minimum Gasteiger partial charge on any atom is -0.494 e. The number of methoxy groups -OCH3 is 1. The zero-order valence-electron chi connectivity index (χ0n) is 13.6. The summed E-state index contributed by atoms with van der Waals surface area (Å²) in [5, 5.41) is 0. The van der Waals surface area contributed by atoms with Gasteiger partial charge in [0.05, 0.1) is 19.3 Å². The maximum absolute atomic E-state index is 11.4. The van der Waals surface area contributed by atoms with Gasteiger partial charge in [0.15, 0.2) is 0 Å². The van der Waals surface area contributed by atoms with Crippen molar-refractivity contribution in [2.24, 2.45) is 0 Å². The lowest BCUT2D eigenvalue weighted by atomic mass is 10.0. The van der Waals surface area contributed by atoms with Crippen LogP contribution in [-0.2, 0) is 9.47 Å². The van der Waals surface area contributed by atoms with Crippen LogP contribution < -0.4 is 4.74 Å². The van der Waals surface area contributed by atoms with E-state index < -0.39 is 0 Å². The number of hydrogen-bond donors (Lipinski definition) is 0. The maximum Gasteiger partial charge on any atom is 0.337 e. The third-order valence-electron chi connectivity index (χ3n) is 3.40. The van der Waals surface area contributed by atoms with E-state index in [4.69, 9.17) is 14.2 Å². The summed E-state index contributed by atoms with van der Waals surface area (Å²) in [6.07, 6.45) is 0.880. The van der Waals surface area contributed by atoms with Crippen LogP contribution in [0.4, 0.5) is 0 Å². The number of benzene rings is 2. The number of esters is 1. The maximum atomic E-state index is 11.4. The monoisotopic (exact) mass is 314 g/mol. The van der Waals surface area contributed by atoms with Crippen LogP contribution in [0.25, 0.3) is 11.1 Å². The number of carbonyl (C=O) groups is 1. The fourth-order valence-electron chi connectivity index (χ4n) is 2.16. The molecular formula is C19H22O4. The Morgan fingerprint density at radius 3 is 2.09 bits per heavy atom. The first-order valence-corrected chi connectivity index (χ1v) is 7.74. The topological polar surface area (TPSA) is 44.8 Å². The summed E-state index contributed by atoms with van der Waals surface area (Å²) in [5.74, 6) is 0.517. The zero-order chi connectivity index (χ0) is 16.5. The molecule has 2 aromatic rings. The third kappa shape index (κ3) is 5.11. The van der Waals surface area contributed by atoms with Gasteiger partial charge in [-0.2, -0.15) is 0 Å². The van der Waals surface area contributed by atoms with Gasteiger partial charge in [-0.15, -0.1) is 0 Å². The Kier molecular flexibility index (Phi) is 6.63. The molecule has 122 valence electrons. The lowest BCUT2D eigenvalue weighted by molar-refractivity contribution is 0.0600.